The molecule has 0 saturated heterocycles. The molecule has 1 aliphatic rings. The third kappa shape index (κ3) is 7.63. The van der Waals surface area contributed by atoms with Gasteiger partial charge in [-0.2, -0.15) is 8.70 Å². The van der Waals surface area contributed by atoms with Gasteiger partial charge in [-0.25, -0.2) is 9.18 Å². The summed E-state index contributed by atoms with van der Waals surface area (Å²) in [6.07, 6.45) is 2.87. The Bertz CT molecular complexity index is 1440. The molecule has 3 aromatic carbocycles. The van der Waals surface area contributed by atoms with E-state index >= 15 is 0 Å². The first kappa shape index (κ1) is 32.6. The van der Waals surface area contributed by atoms with Crippen LogP contribution < -0.4 is 14.4 Å². The molecular weight excluding hydrogens is 598 g/mol. The summed E-state index contributed by atoms with van der Waals surface area (Å²) in [5, 5.41) is 8.98. The van der Waals surface area contributed by atoms with E-state index in [0.717, 1.165) is 18.4 Å². The number of methoxy groups -OCH3 is 1. The molecular formula is C31H36F2N2O6S2. The SMILES string of the molecule is CCCCC1CN(c2ccc(F)cc2)c2cc(SCC)c(OC=C(F)C(=O)O)cc2S(O)(O)N1Cc1ccc(OC)cc1. The van der Waals surface area contributed by atoms with Gasteiger partial charge in [0, 0.05) is 30.9 Å². The highest BCUT2D eigenvalue weighted by atomic mass is 32.3. The number of aliphatic carboxylic acids is 1. The van der Waals surface area contributed by atoms with E-state index in [1.165, 1.54) is 30.0 Å². The van der Waals surface area contributed by atoms with Crippen molar-refractivity contribution >= 4 is 39.9 Å². The van der Waals surface area contributed by atoms with Crippen molar-refractivity contribution in [3.63, 3.8) is 0 Å². The number of carbonyl (C=O) groups is 1. The molecule has 0 fully saturated rings. The predicted octanol–water partition coefficient (Wildman–Crippen LogP) is 8.46. The molecule has 0 aliphatic carbocycles. The largest absolute Gasteiger partial charge is 0.497 e. The zero-order chi connectivity index (χ0) is 31.1. The maximum Gasteiger partial charge on any atom is 0.368 e. The number of carboxylic acid groups (broad SMARTS) is 1. The van der Waals surface area contributed by atoms with Crippen LogP contribution in [0.1, 0.15) is 38.7 Å². The number of unbranched alkanes of at least 4 members (excludes halogenated alkanes) is 1. The standard InChI is InChI=1S/C31H36F2N2O6S2/c1-4-6-7-24-19-34(23-12-10-22(32)11-13-23)27-16-29(42-5-2)28(41-20-26(33)31(36)37)17-30(27)43(38,39)35(24)18-21-8-14-25(40-3)15-9-21/h8-17,20,24,38-39H,4-7,18-19H2,1-3H3,(H,36,37). The van der Waals surface area contributed by atoms with E-state index in [0.29, 0.717) is 47.0 Å². The molecule has 0 radical (unpaired) electrons. The van der Waals surface area contributed by atoms with Crippen molar-refractivity contribution in [1.82, 2.24) is 4.31 Å². The summed E-state index contributed by atoms with van der Waals surface area (Å²) < 4.78 is 64.6. The maximum atomic E-state index is 14.0. The smallest absolute Gasteiger partial charge is 0.368 e. The second kappa shape index (κ2) is 14.5. The van der Waals surface area contributed by atoms with Gasteiger partial charge in [0.1, 0.15) is 28.5 Å². The zero-order valence-corrected chi connectivity index (χ0v) is 25.8. The lowest BCUT2D eigenvalue weighted by Crippen LogP contribution is -2.41. The third-order valence-electron chi connectivity index (χ3n) is 7.06. The Morgan fingerprint density at radius 2 is 1.81 bits per heavy atom. The maximum absolute atomic E-state index is 14.0. The molecule has 0 spiro atoms. The molecule has 0 saturated carbocycles. The van der Waals surface area contributed by atoms with Crippen LogP contribution in [0.4, 0.5) is 20.2 Å². The fraction of sp³-hybridized carbons (Fsp3) is 0.323. The number of fused-ring (bicyclic) bond motifs is 1. The van der Waals surface area contributed by atoms with Crippen molar-refractivity contribution in [2.24, 2.45) is 0 Å². The molecule has 0 amide bonds. The normalized spacial score (nSPS) is 17.6. The van der Waals surface area contributed by atoms with Crippen LogP contribution in [0.3, 0.4) is 0 Å². The van der Waals surface area contributed by atoms with E-state index in [1.54, 1.807) is 29.6 Å². The summed E-state index contributed by atoms with van der Waals surface area (Å²) in [7, 11) is -2.13. The third-order valence-corrected chi connectivity index (χ3v) is 9.98. The first-order valence-electron chi connectivity index (χ1n) is 13.9. The lowest BCUT2D eigenvalue weighted by atomic mass is 10.1. The van der Waals surface area contributed by atoms with Gasteiger partial charge in [-0.3, -0.25) is 9.11 Å². The molecule has 4 rings (SSSR count). The minimum absolute atomic E-state index is 0.0810. The second-order valence-electron chi connectivity index (χ2n) is 9.91. The van der Waals surface area contributed by atoms with Crippen LogP contribution in [0.15, 0.2) is 82.5 Å². The minimum Gasteiger partial charge on any atom is -0.497 e. The molecule has 1 heterocycles. The van der Waals surface area contributed by atoms with Crippen LogP contribution in [0.25, 0.3) is 0 Å². The fourth-order valence-corrected chi connectivity index (χ4v) is 7.53. The van der Waals surface area contributed by atoms with Crippen molar-refractivity contribution in [2.75, 3.05) is 24.3 Å². The Kier molecular flexibility index (Phi) is 11.0. The van der Waals surface area contributed by atoms with Gasteiger partial charge in [0.15, 0.2) is 0 Å². The zero-order valence-electron chi connectivity index (χ0n) is 24.2. The molecule has 12 heteroatoms. The highest BCUT2D eigenvalue weighted by Crippen LogP contribution is 2.61. The number of ether oxygens (including phenoxy) is 2. The second-order valence-corrected chi connectivity index (χ2v) is 13.2. The van der Waals surface area contributed by atoms with Crippen LogP contribution in [0.5, 0.6) is 11.5 Å². The first-order chi connectivity index (χ1) is 20.6. The van der Waals surface area contributed by atoms with Gasteiger partial charge in [0.2, 0.25) is 5.83 Å². The van der Waals surface area contributed by atoms with Crippen molar-refractivity contribution in [1.29, 1.82) is 0 Å². The number of anilines is 2. The number of halogens is 2. The summed E-state index contributed by atoms with van der Waals surface area (Å²) in [4.78, 5) is 13.7. The quantitative estimate of drug-likeness (QED) is 0.103. The summed E-state index contributed by atoms with van der Waals surface area (Å²) in [6.45, 7) is 4.55. The molecule has 3 aromatic rings. The van der Waals surface area contributed by atoms with Gasteiger partial charge in [-0.05, 0) is 60.2 Å². The van der Waals surface area contributed by atoms with E-state index in [2.05, 4.69) is 6.92 Å². The van der Waals surface area contributed by atoms with Crippen LogP contribution in [-0.4, -0.2) is 49.9 Å². The number of benzene rings is 3. The van der Waals surface area contributed by atoms with Crippen LogP contribution >= 0.6 is 22.5 Å². The summed E-state index contributed by atoms with van der Waals surface area (Å²) in [5.74, 6) is -2.32. The predicted molar refractivity (Wildman–Crippen MR) is 167 cm³/mol. The lowest BCUT2D eigenvalue weighted by molar-refractivity contribution is -0.134. The molecule has 232 valence electrons. The number of rotatable bonds is 12. The Balaban J connectivity index is 1.93. The average Bonchev–Trinajstić information content (AvgIpc) is 3.08. The van der Waals surface area contributed by atoms with Gasteiger partial charge in [0.25, 0.3) is 0 Å². The number of carboxylic acids is 1. The average molecular weight is 635 g/mol. The van der Waals surface area contributed by atoms with Crippen molar-refractivity contribution in [3.8, 4) is 11.5 Å². The van der Waals surface area contributed by atoms with Gasteiger partial charge >= 0.3 is 5.97 Å². The Morgan fingerprint density at radius 3 is 2.42 bits per heavy atom. The van der Waals surface area contributed by atoms with Crippen LogP contribution in [-0.2, 0) is 11.3 Å². The Hall–Kier alpha value is -3.29. The molecule has 43 heavy (non-hydrogen) atoms. The summed E-state index contributed by atoms with van der Waals surface area (Å²) >= 11 is 1.37. The fourth-order valence-electron chi connectivity index (χ4n) is 4.89. The van der Waals surface area contributed by atoms with Crippen molar-refractivity contribution < 1.29 is 37.3 Å². The monoisotopic (exact) mass is 634 g/mol. The summed E-state index contributed by atoms with van der Waals surface area (Å²) in [6, 6.07) is 16.2. The van der Waals surface area contributed by atoms with E-state index in [-0.39, 0.29) is 23.2 Å². The van der Waals surface area contributed by atoms with Gasteiger partial charge in [-0.1, -0.05) is 38.8 Å². The lowest BCUT2D eigenvalue weighted by Gasteiger charge is -2.45. The van der Waals surface area contributed by atoms with E-state index in [9.17, 15) is 22.7 Å². The van der Waals surface area contributed by atoms with E-state index in [4.69, 9.17) is 14.6 Å². The van der Waals surface area contributed by atoms with Crippen molar-refractivity contribution in [2.45, 2.75) is 55.5 Å². The van der Waals surface area contributed by atoms with Gasteiger partial charge in [-0.15, -0.1) is 22.5 Å². The van der Waals surface area contributed by atoms with Crippen LogP contribution in [0.2, 0.25) is 0 Å². The number of nitrogens with zero attached hydrogens (tertiary/aromatic N) is 2. The molecule has 0 bridgehead atoms. The van der Waals surface area contributed by atoms with E-state index in [1.807, 2.05) is 36.1 Å². The number of hydrogen-bond acceptors (Lipinski definition) is 8. The molecule has 1 atom stereocenters. The minimum atomic E-state index is -3.70. The Morgan fingerprint density at radius 1 is 1.12 bits per heavy atom. The highest BCUT2D eigenvalue weighted by molar-refractivity contribution is 8.22. The molecule has 3 N–H and O–H groups in total. The topological polar surface area (TPSA) is 103 Å². The number of hydrogen-bond donors (Lipinski definition) is 3. The first-order valence-corrected chi connectivity index (χ1v) is 16.4. The highest BCUT2D eigenvalue weighted by Gasteiger charge is 2.40. The molecule has 1 unspecified atom stereocenters. The number of thioether (sulfide) groups is 1. The van der Waals surface area contributed by atoms with Crippen molar-refractivity contribution in [3.05, 3.63) is 84.1 Å². The Labute approximate surface area is 256 Å². The molecule has 1 aliphatic heterocycles. The van der Waals surface area contributed by atoms with Gasteiger partial charge < -0.3 is 19.5 Å². The summed E-state index contributed by atoms with van der Waals surface area (Å²) in [5.41, 5.74) is 1.97. The van der Waals surface area contributed by atoms with Crippen LogP contribution in [0, 0.1) is 5.82 Å². The molecule has 8 nitrogen and oxygen atoms in total. The van der Waals surface area contributed by atoms with E-state index < -0.39 is 28.4 Å². The molecule has 0 aromatic heterocycles. The van der Waals surface area contributed by atoms with Gasteiger partial charge in [0.05, 0.1) is 17.7 Å².